The zero-order chi connectivity index (χ0) is 40.6. The summed E-state index contributed by atoms with van der Waals surface area (Å²) in [6.45, 7) is 14.3. The number of unbranched alkanes of at least 4 members (excludes halogenated alkanes) is 20. The van der Waals surface area contributed by atoms with Crippen molar-refractivity contribution in [1.29, 1.82) is 0 Å². The lowest BCUT2D eigenvalue weighted by molar-refractivity contribution is -0.0236. The van der Waals surface area contributed by atoms with Gasteiger partial charge in [0, 0.05) is 6.61 Å². The summed E-state index contributed by atoms with van der Waals surface area (Å²) in [5, 5.41) is 0. The van der Waals surface area contributed by atoms with Crippen molar-refractivity contribution in [2.45, 2.75) is 162 Å². The van der Waals surface area contributed by atoms with Crippen LogP contribution in [0.5, 0.6) is 5.75 Å². The monoisotopic (exact) mass is 811 g/mol. The maximum Gasteiger partial charge on any atom is 0.119 e. The first-order valence-electron chi connectivity index (χ1n) is 23.7. The molecule has 0 unspecified atom stereocenters. The summed E-state index contributed by atoms with van der Waals surface area (Å²) in [7, 11) is 0. The topological polar surface area (TPSA) is 83.1 Å². The van der Waals surface area contributed by atoms with Crippen LogP contribution in [0.3, 0.4) is 0 Å². The second kappa shape index (κ2) is 47.4. The molecule has 1 aromatic rings. The van der Waals surface area contributed by atoms with Crippen molar-refractivity contribution < 1.29 is 42.6 Å². The molecule has 9 nitrogen and oxygen atoms in total. The van der Waals surface area contributed by atoms with Crippen LogP contribution in [0.15, 0.2) is 24.3 Å². The molecule has 0 aromatic heterocycles. The van der Waals surface area contributed by atoms with Crippen LogP contribution in [-0.2, 0) is 44.3 Å². The molecule has 0 aliphatic heterocycles. The van der Waals surface area contributed by atoms with Crippen LogP contribution in [0.4, 0.5) is 0 Å². The van der Waals surface area contributed by atoms with E-state index in [1.54, 1.807) is 0 Å². The largest absolute Gasteiger partial charge is 0.491 e. The number of benzene rings is 1. The van der Waals surface area contributed by atoms with Gasteiger partial charge in [-0.15, -0.1) is 0 Å². The predicted molar refractivity (Wildman–Crippen MR) is 235 cm³/mol. The average molecular weight is 811 g/mol. The van der Waals surface area contributed by atoms with E-state index >= 15 is 0 Å². The molecule has 0 N–H and O–H groups in total. The molecular weight excluding hydrogens is 721 g/mol. The second-order valence-electron chi connectivity index (χ2n) is 15.2. The maximum absolute atomic E-state index is 5.79. The van der Waals surface area contributed by atoms with Crippen LogP contribution in [0.2, 0.25) is 0 Å². The smallest absolute Gasteiger partial charge is 0.119 e. The molecule has 336 valence electrons. The number of hydrogen-bond donors (Lipinski definition) is 0. The van der Waals surface area contributed by atoms with Crippen molar-refractivity contribution in [3.05, 3.63) is 29.8 Å². The summed E-state index contributed by atoms with van der Waals surface area (Å²) < 4.78 is 50.5. The third-order valence-electron chi connectivity index (χ3n) is 9.99. The highest BCUT2D eigenvalue weighted by Gasteiger charge is 2.00. The van der Waals surface area contributed by atoms with Gasteiger partial charge in [0.05, 0.1) is 99.1 Å². The van der Waals surface area contributed by atoms with Gasteiger partial charge in [0.15, 0.2) is 0 Å². The minimum atomic E-state index is 0.532. The molecule has 0 heterocycles. The van der Waals surface area contributed by atoms with Crippen LogP contribution in [0.1, 0.15) is 161 Å². The highest BCUT2D eigenvalue weighted by Crippen LogP contribution is 2.16. The van der Waals surface area contributed by atoms with Gasteiger partial charge in [-0.25, -0.2) is 0 Å². The molecule has 0 radical (unpaired) electrons. The molecule has 0 saturated carbocycles. The van der Waals surface area contributed by atoms with Crippen molar-refractivity contribution >= 4 is 0 Å². The Balaban J connectivity index is 1.65. The molecule has 0 bridgehead atoms. The van der Waals surface area contributed by atoms with E-state index in [9.17, 15) is 0 Å². The van der Waals surface area contributed by atoms with Crippen LogP contribution in [-0.4, -0.2) is 112 Å². The third kappa shape index (κ3) is 42.6. The van der Waals surface area contributed by atoms with Gasteiger partial charge in [0.1, 0.15) is 12.4 Å². The zero-order valence-electron chi connectivity index (χ0n) is 37.3. The minimum Gasteiger partial charge on any atom is -0.491 e. The minimum absolute atomic E-state index is 0.532. The van der Waals surface area contributed by atoms with E-state index < -0.39 is 0 Å². The van der Waals surface area contributed by atoms with Crippen molar-refractivity contribution in [3.63, 3.8) is 0 Å². The van der Waals surface area contributed by atoms with E-state index in [4.69, 9.17) is 42.6 Å². The number of rotatable bonds is 49. The van der Waals surface area contributed by atoms with Gasteiger partial charge in [-0.1, -0.05) is 154 Å². The van der Waals surface area contributed by atoms with Crippen LogP contribution in [0, 0.1) is 0 Å². The lowest BCUT2D eigenvalue weighted by Crippen LogP contribution is -2.15. The lowest BCUT2D eigenvalue weighted by Gasteiger charge is -2.09. The van der Waals surface area contributed by atoms with E-state index in [1.807, 2.05) is 0 Å². The summed E-state index contributed by atoms with van der Waals surface area (Å²) in [5.41, 5.74) is 1.38. The van der Waals surface area contributed by atoms with Crippen LogP contribution in [0.25, 0.3) is 0 Å². The molecule has 0 aliphatic carbocycles. The highest BCUT2D eigenvalue weighted by atomic mass is 16.6. The van der Waals surface area contributed by atoms with Gasteiger partial charge in [-0.05, 0) is 37.0 Å². The number of aryl methyl sites for hydroxylation is 1. The van der Waals surface area contributed by atoms with Gasteiger partial charge in [0.2, 0.25) is 0 Å². The molecule has 0 spiro atoms. The molecule has 0 atom stereocenters. The molecule has 57 heavy (non-hydrogen) atoms. The summed E-state index contributed by atoms with van der Waals surface area (Å²) in [4.78, 5) is 0. The molecule has 0 aliphatic rings. The number of ether oxygens (including phenoxy) is 9. The van der Waals surface area contributed by atoms with Gasteiger partial charge >= 0.3 is 0 Å². The van der Waals surface area contributed by atoms with Gasteiger partial charge in [-0.2, -0.15) is 0 Å². The van der Waals surface area contributed by atoms with Gasteiger partial charge in [0.25, 0.3) is 0 Å². The Morgan fingerprint density at radius 3 is 0.860 bits per heavy atom. The van der Waals surface area contributed by atoms with E-state index in [0.717, 1.165) is 25.2 Å². The Kier molecular flexibility index (Phi) is 44.7. The van der Waals surface area contributed by atoms with E-state index in [1.165, 1.54) is 140 Å². The summed E-state index contributed by atoms with van der Waals surface area (Å²) in [6, 6.07) is 8.47. The molecule has 0 fully saturated rings. The quantitative estimate of drug-likeness (QED) is 0.0597. The first-order valence-corrected chi connectivity index (χ1v) is 23.7. The Morgan fingerprint density at radius 2 is 0.526 bits per heavy atom. The molecule has 9 heteroatoms. The fourth-order valence-corrected chi connectivity index (χ4v) is 6.47. The highest BCUT2D eigenvalue weighted by molar-refractivity contribution is 5.27. The molecular formula is C48H90O9. The molecule has 0 amide bonds. The summed E-state index contributed by atoms with van der Waals surface area (Å²) in [5.74, 6) is 0.893. The average Bonchev–Trinajstić information content (AvgIpc) is 3.23. The Hall–Kier alpha value is -1.30. The maximum atomic E-state index is 5.79. The SMILES string of the molecule is CCCCCCCCCCCCCCCCCCOCCOCCOCCOCCOCCOCCOCCOCCOc1ccc(CCCCCCCC)cc1. The zero-order valence-corrected chi connectivity index (χ0v) is 37.3. The van der Waals surface area contributed by atoms with Gasteiger partial charge < -0.3 is 42.6 Å². The number of hydrogen-bond acceptors (Lipinski definition) is 9. The van der Waals surface area contributed by atoms with Crippen molar-refractivity contribution in [1.82, 2.24) is 0 Å². The van der Waals surface area contributed by atoms with E-state index in [-0.39, 0.29) is 0 Å². The third-order valence-corrected chi connectivity index (χ3v) is 9.99. The normalized spacial score (nSPS) is 11.5. The Bertz CT molecular complexity index is 872. The van der Waals surface area contributed by atoms with E-state index in [0.29, 0.717) is 106 Å². The molecule has 1 rings (SSSR count). The van der Waals surface area contributed by atoms with Crippen LogP contribution >= 0.6 is 0 Å². The van der Waals surface area contributed by atoms with Crippen molar-refractivity contribution in [2.24, 2.45) is 0 Å². The second-order valence-corrected chi connectivity index (χ2v) is 15.2. The standard InChI is InChI=1S/C48H90O9/c1-3-5-7-9-11-12-13-14-15-16-17-18-19-20-22-24-30-49-31-32-50-33-34-51-35-36-52-37-38-53-39-40-54-41-42-55-43-44-56-45-46-57-48-28-26-47(27-29-48)25-23-21-10-8-6-4-2/h26-29H,3-25,30-46H2,1-2H3. The van der Waals surface area contributed by atoms with Crippen molar-refractivity contribution in [2.75, 3.05) is 112 Å². The van der Waals surface area contributed by atoms with E-state index in [2.05, 4.69) is 38.1 Å². The fraction of sp³-hybridized carbons (Fsp3) is 0.875. The summed E-state index contributed by atoms with van der Waals surface area (Å²) in [6.07, 6.45) is 31.4. The van der Waals surface area contributed by atoms with Crippen LogP contribution < -0.4 is 4.74 Å². The lowest BCUT2D eigenvalue weighted by atomic mass is 10.0. The molecule has 0 saturated heterocycles. The summed E-state index contributed by atoms with van der Waals surface area (Å²) >= 11 is 0. The van der Waals surface area contributed by atoms with Gasteiger partial charge in [-0.3, -0.25) is 0 Å². The first-order chi connectivity index (χ1) is 28.4. The fourth-order valence-electron chi connectivity index (χ4n) is 6.47. The Morgan fingerprint density at radius 1 is 0.263 bits per heavy atom. The first kappa shape index (κ1) is 53.7. The van der Waals surface area contributed by atoms with Crippen molar-refractivity contribution in [3.8, 4) is 5.75 Å². The predicted octanol–water partition coefficient (Wildman–Crippen LogP) is 11.4. The Labute approximate surface area is 351 Å². The molecule has 1 aromatic carbocycles.